The van der Waals surface area contributed by atoms with E-state index in [-0.39, 0.29) is 4.90 Å². The molecule has 0 radical (unpaired) electrons. The number of anilines is 1. The van der Waals surface area contributed by atoms with Crippen LogP contribution >= 0.6 is 11.8 Å². The van der Waals surface area contributed by atoms with Crippen LogP contribution in [0.3, 0.4) is 0 Å². The van der Waals surface area contributed by atoms with Gasteiger partial charge in [-0.3, -0.25) is 4.72 Å². The summed E-state index contributed by atoms with van der Waals surface area (Å²) in [6.45, 7) is 0. The third-order valence-corrected chi connectivity index (χ3v) is 4.31. The number of thioether (sulfide) groups is 1. The highest BCUT2D eigenvalue weighted by Crippen LogP contribution is 2.17. The molecule has 0 aliphatic rings. The summed E-state index contributed by atoms with van der Waals surface area (Å²) < 4.78 is 26.5. The predicted molar refractivity (Wildman–Crippen MR) is 73.3 cm³/mol. The van der Waals surface area contributed by atoms with Crippen molar-refractivity contribution in [2.75, 3.05) is 11.0 Å². The molecule has 94 valence electrons. The van der Waals surface area contributed by atoms with Crippen LogP contribution in [0, 0.1) is 0 Å². The fourth-order valence-corrected chi connectivity index (χ4v) is 2.80. The topological polar surface area (TPSA) is 59.1 Å². The Morgan fingerprint density at radius 2 is 1.83 bits per heavy atom. The van der Waals surface area contributed by atoms with Crippen LogP contribution in [0.4, 0.5) is 5.69 Å². The zero-order valence-electron chi connectivity index (χ0n) is 9.70. The Bertz CT molecular complexity index is 610. The summed E-state index contributed by atoms with van der Waals surface area (Å²) in [6, 6.07) is 11.7. The Morgan fingerprint density at radius 1 is 1.11 bits per heavy atom. The number of hydrogen-bond donors (Lipinski definition) is 1. The Labute approximate surface area is 111 Å². The van der Waals surface area contributed by atoms with Crippen molar-refractivity contribution in [1.29, 1.82) is 0 Å². The van der Waals surface area contributed by atoms with Crippen molar-refractivity contribution in [1.82, 2.24) is 4.98 Å². The predicted octanol–water partition coefficient (Wildman–Crippen LogP) is 2.60. The highest BCUT2D eigenvalue weighted by molar-refractivity contribution is 7.98. The van der Waals surface area contributed by atoms with Crippen LogP contribution in [-0.2, 0) is 10.0 Å². The Kier molecular flexibility index (Phi) is 3.88. The van der Waals surface area contributed by atoms with E-state index in [1.165, 1.54) is 18.0 Å². The van der Waals surface area contributed by atoms with Gasteiger partial charge in [-0.25, -0.2) is 13.4 Å². The first-order chi connectivity index (χ1) is 8.62. The molecule has 6 heteroatoms. The fraction of sp³-hybridized carbons (Fsp3) is 0.0833. The van der Waals surface area contributed by atoms with Gasteiger partial charge in [0.15, 0.2) is 0 Å². The van der Waals surface area contributed by atoms with Gasteiger partial charge in [0, 0.05) is 0 Å². The van der Waals surface area contributed by atoms with Gasteiger partial charge < -0.3 is 0 Å². The van der Waals surface area contributed by atoms with E-state index in [0.29, 0.717) is 5.69 Å². The molecule has 0 saturated carbocycles. The summed E-state index contributed by atoms with van der Waals surface area (Å²) in [5.74, 6) is 0. The van der Waals surface area contributed by atoms with Crippen LogP contribution in [0.5, 0.6) is 0 Å². The van der Waals surface area contributed by atoms with E-state index in [0.717, 1.165) is 5.03 Å². The van der Waals surface area contributed by atoms with E-state index in [1.54, 1.807) is 42.5 Å². The van der Waals surface area contributed by atoms with Crippen molar-refractivity contribution < 1.29 is 8.42 Å². The maximum atomic E-state index is 12.0. The third kappa shape index (κ3) is 3.02. The molecule has 1 aromatic carbocycles. The molecule has 1 heterocycles. The van der Waals surface area contributed by atoms with Crippen LogP contribution in [0.25, 0.3) is 0 Å². The fourth-order valence-electron chi connectivity index (χ4n) is 1.38. The smallest absolute Gasteiger partial charge is 0.261 e. The van der Waals surface area contributed by atoms with Gasteiger partial charge in [0.1, 0.15) is 0 Å². The molecule has 0 aliphatic heterocycles. The molecule has 0 aliphatic carbocycles. The number of aromatic nitrogens is 1. The first kappa shape index (κ1) is 12.9. The summed E-state index contributed by atoms with van der Waals surface area (Å²) in [5, 5.41) is 0.845. The number of pyridine rings is 1. The zero-order valence-corrected chi connectivity index (χ0v) is 11.3. The Hall–Kier alpha value is -1.53. The molecular formula is C12H12N2O2S2. The second-order valence-corrected chi connectivity index (χ2v) is 6.02. The van der Waals surface area contributed by atoms with Crippen molar-refractivity contribution in [3.63, 3.8) is 0 Å². The van der Waals surface area contributed by atoms with Crippen LogP contribution in [-0.4, -0.2) is 19.7 Å². The quantitative estimate of drug-likeness (QED) is 0.875. The van der Waals surface area contributed by atoms with Gasteiger partial charge in [-0.15, -0.1) is 11.8 Å². The monoisotopic (exact) mass is 280 g/mol. The molecule has 0 bridgehead atoms. The number of benzene rings is 1. The van der Waals surface area contributed by atoms with Crippen LogP contribution in [0.15, 0.2) is 58.6 Å². The number of rotatable bonds is 4. The van der Waals surface area contributed by atoms with Crippen molar-refractivity contribution in [2.24, 2.45) is 0 Å². The van der Waals surface area contributed by atoms with Crippen LogP contribution < -0.4 is 4.72 Å². The summed E-state index contributed by atoms with van der Waals surface area (Å²) in [5.41, 5.74) is 0.455. The summed E-state index contributed by atoms with van der Waals surface area (Å²) >= 11 is 1.50. The number of sulfonamides is 1. The normalized spacial score (nSPS) is 11.2. The van der Waals surface area contributed by atoms with E-state index in [2.05, 4.69) is 9.71 Å². The number of nitrogens with zero attached hydrogens (tertiary/aromatic N) is 1. The molecule has 1 aromatic heterocycles. The molecular weight excluding hydrogens is 268 g/mol. The minimum absolute atomic E-state index is 0.235. The summed E-state index contributed by atoms with van der Waals surface area (Å²) in [4.78, 5) is 4.35. The lowest BCUT2D eigenvalue weighted by atomic mass is 10.4. The minimum Gasteiger partial charge on any atom is -0.278 e. The molecule has 0 spiro atoms. The molecule has 18 heavy (non-hydrogen) atoms. The van der Waals surface area contributed by atoms with E-state index in [9.17, 15) is 8.42 Å². The summed E-state index contributed by atoms with van der Waals surface area (Å²) in [7, 11) is -3.53. The maximum Gasteiger partial charge on any atom is 0.261 e. The van der Waals surface area contributed by atoms with Gasteiger partial charge in [-0.1, -0.05) is 18.2 Å². The van der Waals surface area contributed by atoms with Crippen molar-refractivity contribution in [3.8, 4) is 0 Å². The zero-order chi connectivity index (χ0) is 13.0. The van der Waals surface area contributed by atoms with Crippen LogP contribution in [0.2, 0.25) is 0 Å². The molecule has 0 fully saturated rings. The summed E-state index contributed by atoms with van der Waals surface area (Å²) in [6.07, 6.45) is 3.42. The van der Waals surface area contributed by atoms with E-state index in [1.807, 2.05) is 6.26 Å². The first-order valence-corrected chi connectivity index (χ1v) is 7.90. The molecule has 4 nitrogen and oxygen atoms in total. The molecule has 0 atom stereocenters. The number of nitrogens with one attached hydrogen (secondary N) is 1. The van der Waals surface area contributed by atoms with Gasteiger partial charge in [-0.2, -0.15) is 0 Å². The third-order valence-electron chi connectivity index (χ3n) is 2.25. The van der Waals surface area contributed by atoms with Crippen molar-refractivity contribution >= 4 is 27.5 Å². The van der Waals surface area contributed by atoms with Gasteiger partial charge in [0.05, 0.1) is 21.8 Å². The largest absolute Gasteiger partial charge is 0.278 e. The molecule has 0 unspecified atom stereocenters. The average Bonchev–Trinajstić information content (AvgIpc) is 2.40. The van der Waals surface area contributed by atoms with Gasteiger partial charge in [-0.05, 0) is 30.5 Å². The average molecular weight is 280 g/mol. The Balaban J connectivity index is 2.22. The molecule has 2 aromatic rings. The second kappa shape index (κ2) is 5.41. The first-order valence-electron chi connectivity index (χ1n) is 5.20. The van der Waals surface area contributed by atoms with Crippen molar-refractivity contribution in [3.05, 3.63) is 48.7 Å². The van der Waals surface area contributed by atoms with Gasteiger partial charge in [0.2, 0.25) is 0 Å². The van der Waals surface area contributed by atoms with Crippen LogP contribution in [0.1, 0.15) is 0 Å². The maximum absolute atomic E-state index is 12.0. The molecule has 0 saturated heterocycles. The van der Waals surface area contributed by atoms with E-state index in [4.69, 9.17) is 0 Å². The lowest BCUT2D eigenvalue weighted by molar-refractivity contribution is 0.601. The SMILES string of the molecule is CSc1ccc(NS(=O)(=O)c2ccccc2)cn1. The van der Waals surface area contributed by atoms with E-state index < -0.39 is 10.0 Å². The Morgan fingerprint density at radius 3 is 2.39 bits per heavy atom. The minimum atomic E-state index is -3.53. The second-order valence-electron chi connectivity index (χ2n) is 3.51. The lowest BCUT2D eigenvalue weighted by Crippen LogP contribution is -2.12. The lowest BCUT2D eigenvalue weighted by Gasteiger charge is -2.07. The molecule has 2 rings (SSSR count). The van der Waals surface area contributed by atoms with Crippen molar-refractivity contribution in [2.45, 2.75) is 9.92 Å². The standard InChI is InChI=1S/C12H12N2O2S2/c1-17-12-8-7-10(9-13-12)14-18(15,16)11-5-3-2-4-6-11/h2-9,14H,1H3. The highest BCUT2D eigenvalue weighted by atomic mass is 32.2. The highest BCUT2D eigenvalue weighted by Gasteiger charge is 2.13. The number of hydrogen-bond acceptors (Lipinski definition) is 4. The molecule has 0 amide bonds. The van der Waals surface area contributed by atoms with Gasteiger partial charge >= 0.3 is 0 Å². The molecule has 1 N–H and O–H groups in total. The van der Waals surface area contributed by atoms with E-state index >= 15 is 0 Å². The van der Waals surface area contributed by atoms with Gasteiger partial charge in [0.25, 0.3) is 10.0 Å².